The van der Waals surface area contributed by atoms with Gasteiger partial charge in [0.2, 0.25) is 0 Å². The molecule has 4 nitrogen and oxygen atoms in total. The average Bonchev–Trinajstić information content (AvgIpc) is 2.77. The van der Waals surface area contributed by atoms with Gasteiger partial charge in [0, 0.05) is 19.7 Å². The molecule has 0 spiro atoms. The Morgan fingerprint density at radius 1 is 1.30 bits per heavy atom. The summed E-state index contributed by atoms with van der Waals surface area (Å²) in [4.78, 5) is 13.2. The molecule has 1 aromatic rings. The molecule has 0 aliphatic carbocycles. The van der Waals surface area contributed by atoms with Gasteiger partial charge in [-0.1, -0.05) is 12.1 Å². The molecule has 0 aromatic heterocycles. The molecule has 2 N–H and O–H groups in total. The number of hydrogen-bond donors (Lipinski definition) is 2. The number of hydrogen-bond acceptors (Lipinski definition) is 2. The number of nitrogens with one attached hydrogen (secondary N) is 1. The molecule has 0 radical (unpaired) electrons. The Morgan fingerprint density at radius 3 is 2.50 bits per heavy atom. The summed E-state index contributed by atoms with van der Waals surface area (Å²) in [5.74, 6) is 0. The third-order valence-electron chi connectivity index (χ3n) is 3.21. The normalized spacial score (nSPS) is 19.3. The molecule has 1 saturated heterocycles. The Labute approximate surface area is 114 Å². The maximum absolute atomic E-state index is 12.5. The van der Waals surface area contributed by atoms with E-state index in [9.17, 15) is 18.0 Å². The van der Waals surface area contributed by atoms with Crippen LogP contribution in [0.1, 0.15) is 23.6 Å². The van der Waals surface area contributed by atoms with E-state index in [4.69, 9.17) is 5.11 Å². The molecule has 2 amide bonds. The molecule has 7 heteroatoms. The van der Waals surface area contributed by atoms with E-state index in [1.165, 1.54) is 12.1 Å². The molecule has 1 fully saturated rings. The van der Waals surface area contributed by atoms with Gasteiger partial charge in [0.05, 0.1) is 11.6 Å². The second-order valence-electron chi connectivity index (χ2n) is 4.65. The van der Waals surface area contributed by atoms with Gasteiger partial charge in [-0.3, -0.25) is 0 Å². The van der Waals surface area contributed by atoms with Gasteiger partial charge in [-0.25, -0.2) is 4.79 Å². The van der Waals surface area contributed by atoms with E-state index in [1.54, 1.807) is 4.90 Å². The van der Waals surface area contributed by atoms with Gasteiger partial charge in [-0.2, -0.15) is 13.2 Å². The predicted molar refractivity (Wildman–Crippen MR) is 66.0 cm³/mol. The molecule has 1 aliphatic heterocycles. The molecule has 0 saturated carbocycles. The number of carbonyl (C=O) groups excluding carboxylic acids is 1. The molecular weight excluding hydrogens is 273 g/mol. The monoisotopic (exact) mass is 288 g/mol. The summed E-state index contributed by atoms with van der Waals surface area (Å²) < 4.78 is 37.4. The number of urea groups is 1. The summed E-state index contributed by atoms with van der Waals surface area (Å²) in [7, 11) is 0. The van der Waals surface area contributed by atoms with Crippen LogP contribution >= 0.6 is 0 Å². The lowest BCUT2D eigenvalue weighted by atomic mass is 10.1. The first-order valence-corrected chi connectivity index (χ1v) is 6.25. The van der Waals surface area contributed by atoms with Crippen LogP contribution in [-0.2, 0) is 6.18 Å². The van der Waals surface area contributed by atoms with E-state index in [1.807, 2.05) is 0 Å². The molecule has 20 heavy (non-hydrogen) atoms. The Hall–Kier alpha value is -1.76. The highest BCUT2D eigenvalue weighted by Crippen LogP contribution is 2.30. The van der Waals surface area contributed by atoms with E-state index < -0.39 is 11.7 Å². The molecule has 1 unspecified atom stereocenters. The van der Waals surface area contributed by atoms with Crippen molar-refractivity contribution in [3.05, 3.63) is 35.4 Å². The summed E-state index contributed by atoms with van der Waals surface area (Å²) in [5, 5.41) is 11.4. The van der Waals surface area contributed by atoms with Gasteiger partial charge >= 0.3 is 12.2 Å². The van der Waals surface area contributed by atoms with Crippen molar-refractivity contribution in [2.45, 2.75) is 18.6 Å². The largest absolute Gasteiger partial charge is 0.416 e. The van der Waals surface area contributed by atoms with E-state index >= 15 is 0 Å². The van der Waals surface area contributed by atoms with Crippen LogP contribution in [0.3, 0.4) is 0 Å². The Morgan fingerprint density at radius 2 is 1.95 bits per heavy atom. The fraction of sp³-hybridized carbons (Fsp3) is 0.462. The second-order valence-corrected chi connectivity index (χ2v) is 4.65. The number of halogens is 3. The van der Waals surface area contributed by atoms with Gasteiger partial charge in [-0.15, -0.1) is 0 Å². The summed E-state index contributed by atoms with van der Waals surface area (Å²) >= 11 is 0. The van der Waals surface area contributed by atoms with Crippen LogP contribution in [0.5, 0.6) is 0 Å². The van der Waals surface area contributed by atoms with Crippen LogP contribution in [0.2, 0.25) is 0 Å². The lowest BCUT2D eigenvalue weighted by Crippen LogP contribution is -2.29. The van der Waals surface area contributed by atoms with Gasteiger partial charge in [-0.05, 0) is 24.1 Å². The minimum absolute atomic E-state index is 0.00523. The number of benzene rings is 1. The number of nitrogens with zero attached hydrogens (tertiary/aromatic N) is 1. The molecular formula is C13H15F3N2O2. The van der Waals surface area contributed by atoms with E-state index in [0.717, 1.165) is 12.1 Å². The Kier molecular flexibility index (Phi) is 4.17. The smallest absolute Gasteiger partial charge is 0.396 e. The van der Waals surface area contributed by atoms with E-state index in [0.29, 0.717) is 25.1 Å². The average molecular weight is 288 g/mol. The highest BCUT2D eigenvalue weighted by Gasteiger charge is 2.32. The van der Waals surface area contributed by atoms with Crippen molar-refractivity contribution in [2.24, 2.45) is 0 Å². The lowest BCUT2D eigenvalue weighted by molar-refractivity contribution is -0.137. The summed E-state index contributed by atoms with van der Waals surface area (Å²) in [6.45, 7) is 0.818. The maximum atomic E-state index is 12.5. The standard InChI is InChI=1S/C13H15F3N2O2/c14-13(15,16)10-4-2-9(3-5-10)11-8-18(6-1-7-19)12(20)17-11/h2-5,11,19H,1,6-8H2,(H,17,20). The Bertz CT molecular complexity index is 473. The summed E-state index contributed by atoms with van der Waals surface area (Å²) in [5.41, 5.74) is -0.0689. The number of alkyl halides is 3. The number of aliphatic hydroxyl groups excluding tert-OH is 1. The van der Waals surface area contributed by atoms with Gasteiger partial charge in [0.1, 0.15) is 0 Å². The minimum atomic E-state index is -4.36. The van der Waals surface area contributed by atoms with Crippen molar-refractivity contribution in [1.29, 1.82) is 0 Å². The van der Waals surface area contributed by atoms with Crippen LogP contribution in [0, 0.1) is 0 Å². The number of amides is 2. The quantitative estimate of drug-likeness (QED) is 0.892. The van der Waals surface area contributed by atoms with Crippen molar-refractivity contribution in [1.82, 2.24) is 10.2 Å². The first-order valence-electron chi connectivity index (χ1n) is 6.25. The summed E-state index contributed by atoms with van der Waals surface area (Å²) in [6, 6.07) is 4.20. The number of rotatable bonds is 4. The second kappa shape index (κ2) is 5.70. The highest BCUT2D eigenvalue weighted by molar-refractivity contribution is 5.77. The lowest BCUT2D eigenvalue weighted by Gasteiger charge is -2.14. The maximum Gasteiger partial charge on any atom is 0.416 e. The molecule has 1 aliphatic rings. The first kappa shape index (κ1) is 14.6. The number of carbonyl (C=O) groups is 1. The van der Waals surface area contributed by atoms with E-state index in [2.05, 4.69) is 5.32 Å². The SMILES string of the molecule is O=C1NC(c2ccc(C(F)(F)F)cc2)CN1CCCO. The zero-order chi connectivity index (χ0) is 14.8. The zero-order valence-electron chi connectivity index (χ0n) is 10.7. The van der Waals surface area contributed by atoms with Crippen LogP contribution in [-0.4, -0.2) is 35.7 Å². The van der Waals surface area contributed by atoms with Gasteiger partial charge < -0.3 is 15.3 Å². The van der Waals surface area contributed by atoms with Crippen molar-refractivity contribution in [3.63, 3.8) is 0 Å². The zero-order valence-corrected chi connectivity index (χ0v) is 10.7. The van der Waals surface area contributed by atoms with E-state index in [-0.39, 0.29) is 18.7 Å². The third-order valence-corrected chi connectivity index (χ3v) is 3.21. The molecule has 1 aromatic carbocycles. The molecule has 2 rings (SSSR count). The molecule has 1 atom stereocenters. The van der Waals surface area contributed by atoms with Crippen LogP contribution in [0.15, 0.2) is 24.3 Å². The fourth-order valence-electron chi connectivity index (χ4n) is 2.14. The third kappa shape index (κ3) is 3.22. The number of aliphatic hydroxyl groups is 1. The van der Waals surface area contributed by atoms with Crippen molar-refractivity contribution >= 4 is 6.03 Å². The van der Waals surface area contributed by atoms with Crippen LogP contribution in [0.25, 0.3) is 0 Å². The highest BCUT2D eigenvalue weighted by atomic mass is 19.4. The van der Waals surface area contributed by atoms with Crippen LogP contribution in [0.4, 0.5) is 18.0 Å². The first-order chi connectivity index (χ1) is 9.41. The molecule has 1 heterocycles. The summed E-state index contributed by atoms with van der Waals surface area (Å²) in [6.07, 6.45) is -3.88. The molecule has 0 bridgehead atoms. The predicted octanol–water partition coefficient (Wildman–Crippen LogP) is 2.15. The van der Waals surface area contributed by atoms with Crippen molar-refractivity contribution < 1.29 is 23.1 Å². The fourth-order valence-corrected chi connectivity index (χ4v) is 2.14. The van der Waals surface area contributed by atoms with Crippen molar-refractivity contribution in [2.75, 3.05) is 19.7 Å². The van der Waals surface area contributed by atoms with Crippen molar-refractivity contribution in [3.8, 4) is 0 Å². The van der Waals surface area contributed by atoms with Crippen LogP contribution < -0.4 is 5.32 Å². The molecule has 110 valence electrons. The Balaban J connectivity index is 2.04. The van der Waals surface area contributed by atoms with Gasteiger partial charge in [0.25, 0.3) is 0 Å². The topological polar surface area (TPSA) is 52.6 Å². The minimum Gasteiger partial charge on any atom is -0.396 e. The van der Waals surface area contributed by atoms with Gasteiger partial charge in [0.15, 0.2) is 0 Å².